The molecule has 0 radical (unpaired) electrons. The summed E-state index contributed by atoms with van der Waals surface area (Å²) in [5, 5.41) is 4.02. The predicted octanol–water partition coefficient (Wildman–Crippen LogP) is 6.38. The summed E-state index contributed by atoms with van der Waals surface area (Å²) in [6, 6.07) is 22.1. The maximum atomic E-state index is 13.7. The number of aryl methyl sites for hydroxylation is 1. The molecule has 4 rings (SSSR count). The largest absolute Gasteiger partial charge is 0.482 e. The molecule has 5 nitrogen and oxygen atoms in total. The summed E-state index contributed by atoms with van der Waals surface area (Å²) in [6.45, 7) is 2.04. The van der Waals surface area contributed by atoms with Gasteiger partial charge in [-0.2, -0.15) is 0 Å². The second-order valence-electron chi connectivity index (χ2n) is 9.57. The number of carbonyl (C=O) groups excluding carboxylic acids is 2. The maximum Gasteiger partial charge on any atom is 0.261 e. The van der Waals surface area contributed by atoms with Crippen LogP contribution in [0.15, 0.2) is 72.8 Å². The van der Waals surface area contributed by atoms with E-state index in [1.165, 1.54) is 0 Å². The highest BCUT2D eigenvalue weighted by Gasteiger charge is 2.32. The van der Waals surface area contributed by atoms with E-state index in [0.29, 0.717) is 22.2 Å². The summed E-state index contributed by atoms with van der Waals surface area (Å²) in [4.78, 5) is 29.0. The molecule has 37 heavy (non-hydrogen) atoms. The minimum atomic E-state index is -0.694. The van der Waals surface area contributed by atoms with Gasteiger partial charge in [0, 0.05) is 24.0 Å². The number of hydrogen-bond donors (Lipinski definition) is 1. The highest BCUT2D eigenvalue weighted by atomic mass is 35.5. The van der Waals surface area contributed by atoms with Gasteiger partial charge in [0.15, 0.2) is 6.61 Å². The summed E-state index contributed by atoms with van der Waals surface area (Å²) in [5.41, 5.74) is 3.02. The Morgan fingerprint density at radius 1 is 0.973 bits per heavy atom. The van der Waals surface area contributed by atoms with Gasteiger partial charge in [0.25, 0.3) is 5.91 Å². The van der Waals surface area contributed by atoms with Crippen molar-refractivity contribution < 1.29 is 14.3 Å². The Morgan fingerprint density at radius 2 is 1.70 bits per heavy atom. The summed E-state index contributed by atoms with van der Waals surface area (Å²) in [5.74, 6) is -0.0683. The number of benzene rings is 3. The van der Waals surface area contributed by atoms with Crippen molar-refractivity contribution in [1.29, 1.82) is 0 Å². The smallest absolute Gasteiger partial charge is 0.261 e. The highest BCUT2D eigenvalue weighted by Crippen LogP contribution is 2.28. The van der Waals surface area contributed by atoms with Crippen molar-refractivity contribution in [2.24, 2.45) is 0 Å². The van der Waals surface area contributed by atoms with E-state index >= 15 is 0 Å². The Bertz CT molecular complexity index is 1210. The van der Waals surface area contributed by atoms with Crippen LogP contribution in [-0.4, -0.2) is 35.4 Å². The zero-order valence-electron chi connectivity index (χ0n) is 21.0. The average Bonchev–Trinajstić information content (AvgIpc) is 3.39. The van der Waals surface area contributed by atoms with Crippen LogP contribution in [0.5, 0.6) is 5.75 Å². The third-order valence-electron chi connectivity index (χ3n) is 6.65. The van der Waals surface area contributed by atoms with Crippen LogP contribution in [-0.2, 0) is 22.6 Å². The van der Waals surface area contributed by atoms with E-state index in [0.717, 1.165) is 42.4 Å². The predicted molar refractivity (Wildman–Crippen MR) is 148 cm³/mol. The number of amides is 2. The van der Waals surface area contributed by atoms with Crippen LogP contribution in [0.2, 0.25) is 10.0 Å². The molecule has 3 aromatic rings. The van der Waals surface area contributed by atoms with Crippen LogP contribution in [0, 0.1) is 6.92 Å². The number of nitrogens with one attached hydrogen (secondary N) is 1. The fraction of sp³-hybridized carbons (Fsp3) is 0.333. The molecule has 0 saturated heterocycles. The fourth-order valence-corrected chi connectivity index (χ4v) is 5.21. The first-order chi connectivity index (χ1) is 17.9. The Morgan fingerprint density at radius 3 is 2.41 bits per heavy atom. The monoisotopic (exact) mass is 538 g/mol. The topological polar surface area (TPSA) is 58.6 Å². The number of halogens is 2. The van der Waals surface area contributed by atoms with Gasteiger partial charge in [-0.3, -0.25) is 9.59 Å². The molecule has 7 heteroatoms. The van der Waals surface area contributed by atoms with Crippen LogP contribution in [0.25, 0.3) is 0 Å². The Kier molecular flexibility index (Phi) is 9.48. The van der Waals surface area contributed by atoms with Crippen LogP contribution >= 0.6 is 23.2 Å². The molecule has 1 atom stereocenters. The molecule has 1 fully saturated rings. The Hall–Kier alpha value is -3.02. The van der Waals surface area contributed by atoms with E-state index in [1.807, 2.05) is 61.5 Å². The van der Waals surface area contributed by atoms with E-state index < -0.39 is 6.04 Å². The zero-order chi connectivity index (χ0) is 26.2. The van der Waals surface area contributed by atoms with E-state index in [9.17, 15) is 9.59 Å². The average molecular weight is 540 g/mol. The molecule has 0 aliphatic heterocycles. The quantitative estimate of drug-likeness (QED) is 0.325. The van der Waals surface area contributed by atoms with Crippen molar-refractivity contribution in [3.63, 3.8) is 0 Å². The van der Waals surface area contributed by atoms with Gasteiger partial charge in [-0.05, 0) is 49.1 Å². The van der Waals surface area contributed by atoms with E-state index in [4.69, 9.17) is 27.9 Å². The lowest BCUT2D eigenvalue weighted by molar-refractivity contribution is -0.143. The zero-order valence-corrected chi connectivity index (χ0v) is 22.5. The molecule has 0 spiro atoms. The fourth-order valence-electron chi connectivity index (χ4n) is 4.74. The molecule has 2 amide bonds. The van der Waals surface area contributed by atoms with Gasteiger partial charge in [0.2, 0.25) is 5.91 Å². The molecule has 1 aliphatic rings. The molecule has 1 N–H and O–H groups in total. The summed E-state index contributed by atoms with van der Waals surface area (Å²) < 4.78 is 5.80. The Balaban J connectivity index is 1.62. The number of carbonyl (C=O) groups is 2. The van der Waals surface area contributed by atoms with Gasteiger partial charge in [-0.15, -0.1) is 0 Å². The summed E-state index contributed by atoms with van der Waals surface area (Å²) in [7, 11) is 0. The Labute approximate surface area is 228 Å². The van der Waals surface area contributed by atoms with E-state index in [1.54, 1.807) is 23.1 Å². The van der Waals surface area contributed by atoms with E-state index in [-0.39, 0.29) is 31.0 Å². The summed E-state index contributed by atoms with van der Waals surface area (Å²) >= 11 is 12.3. The first-order valence-corrected chi connectivity index (χ1v) is 13.4. The van der Waals surface area contributed by atoms with Gasteiger partial charge >= 0.3 is 0 Å². The molecule has 1 saturated carbocycles. The molecule has 1 aliphatic carbocycles. The van der Waals surface area contributed by atoms with Crippen LogP contribution in [0.3, 0.4) is 0 Å². The lowest BCUT2D eigenvalue weighted by Gasteiger charge is -2.32. The molecule has 194 valence electrons. The molecular weight excluding hydrogens is 507 g/mol. The van der Waals surface area contributed by atoms with Crippen molar-refractivity contribution >= 4 is 35.0 Å². The normalized spacial score (nSPS) is 14.2. The minimum Gasteiger partial charge on any atom is -0.482 e. The first-order valence-electron chi connectivity index (χ1n) is 12.7. The van der Waals surface area contributed by atoms with Crippen LogP contribution in [0.4, 0.5) is 0 Å². The maximum absolute atomic E-state index is 13.7. The van der Waals surface area contributed by atoms with Crippen LogP contribution in [0.1, 0.15) is 42.4 Å². The number of rotatable bonds is 10. The third kappa shape index (κ3) is 7.73. The number of ether oxygens (including phenoxy) is 1. The van der Waals surface area contributed by atoms with Crippen molar-refractivity contribution in [1.82, 2.24) is 10.2 Å². The van der Waals surface area contributed by atoms with Gasteiger partial charge < -0.3 is 15.0 Å². The van der Waals surface area contributed by atoms with Gasteiger partial charge in [0.05, 0.1) is 5.02 Å². The van der Waals surface area contributed by atoms with Crippen molar-refractivity contribution in [3.8, 4) is 5.75 Å². The number of hydrogen-bond acceptors (Lipinski definition) is 3. The van der Waals surface area contributed by atoms with Gasteiger partial charge in [-0.1, -0.05) is 96.2 Å². The lowest BCUT2D eigenvalue weighted by Crippen LogP contribution is -2.53. The minimum absolute atomic E-state index is 0.138. The molecule has 1 unspecified atom stereocenters. The van der Waals surface area contributed by atoms with Crippen LogP contribution < -0.4 is 10.1 Å². The highest BCUT2D eigenvalue weighted by molar-refractivity contribution is 6.35. The van der Waals surface area contributed by atoms with Crippen molar-refractivity contribution in [2.75, 3.05) is 6.61 Å². The van der Waals surface area contributed by atoms with Crippen molar-refractivity contribution in [3.05, 3.63) is 99.5 Å². The second kappa shape index (κ2) is 13.0. The molecule has 3 aromatic carbocycles. The SMILES string of the molecule is Cc1cccc(CN(C(=O)COc2ccc(Cl)cc2Cl)C(Cc2ccccc2)C(=O)NC2CCCC2)c1. The van der Waals surface area contributed by atoms with Gasteiger partial charge in [-0.25, -0.2) is 0 Å². The summed E-state index contributed by atoms with van der Waals surface area (Å²) in [6.07, 6.45) is 4.55. The standard InChI is InChI=1S/C30H32Cl2N2O3/c1-21-8-7-11-23(16-21)19-34(29(35)20-37-28-15-14-24(31)18-26(28)32)27(17-22-9-3-2-4-10-22)30(36)33-25-12-5-6-13-25/h2-4,7-11,14-16,18,25,27H,5-6,12-13,17,19-20H2,1H3,(H,33,36). The molecule has 0 aromatic heterocycles. The molecule has 0 bridgehead atoms. The number of nitrogens with zero attached hydrogens (tertiary/aromatic N) is 1. The molecular formula is C30H32Cl2N2O3. The molecule has 0 heterocycles. The third-order valence-corrected chi connectivity index (χ3v) is 7.18. The lowest BCUT2D eigenvalue weighted by atomic mass is 10.0. The second-order valence-corrected chi connectivity index (χ2v) is 10.4. The van der Waals surface area contributed by atoms with Gasteiger partial charge in [0.1, 0.15) is 11.8 Å². The van der Waals surface area contributed by atoms with E-state index in [2.05, 4.69) is 5.32 Å². The first kappa shape index (κ1) is 27.0. The van der Waals surface area contributed by atoms with Crippen molar-refractivity contribution in [2.45, 2.75) is 57.7 Å².